The van der Waals surface area contributed by atoms with E-state index in [1.165, 1.54) is 11.1 Å². The molecule has 240 valence electrons. The van der Waals surface area contributed by atoms with E-state index in [-0.39, 0.29) is 5.78 Å². The number of pyridine rings is 2. The minimum absolute atomic E-state index is 0.217. The molecule has 6 rings (SSSR count). The second-order valence-electron chi connectivity index (χ2n) is 13.1. The Labute approximate surface area is 284 Å². The van der Waals surface area contributed by atoms with E-state index >= 15 is 4.79 Å². The van der Waals surface area contributed by atoms with Crippen molar-refractivity contribution in [3.05, 3.63) is 129 Å². The van der Waals surface area contributed by atoms with Gasteiger partial charge in [-0.3, -0.25) is 24.6 Å². The van der Waals surface area contributed by atoms with Gasteiger partial charge in [0.15, 0.2) is 5.78 Å². The van der Waals surface area contributed by atoms with Gasteiger partial charge in [-0.1, -0.05) is 59.6 Å². The van der Waals surface area contributed by atoms with Crippen LogP contribution in [0.2, 0.25) is 10.0 Å². The standard InChI is InChI=1S/C39H44Cl2N4O/c1-44-25-5-3-21-38(44,35-31(13-9-23-42-35)19-17-29-11-7-15-33(40)27-29)37(46)39(22-4-6-26-45(39)2)36-32(14-10-24-43-36)20-18-30-12-8-16-34(41)28-30/h7-16,23-24,27-28H,3-6,17-22,25-26H2,1-2H3. The SMILES string of the molecule is CN1CCCCC1(C(=O)C1(c2ncccc2CCc2cccc(Cl)c2)CCCCN1C)c1ncccc1CCc1cccc(Cl)c1. The molecular weight excluding hydrogens is 611 g/mol. The normalized spacial score (nSPS) is 22.5. The maximum Gasteiger partial charge on any atom is 0.185 e. The molecule has 0 bridgehead atoms. The van der Waals surface area contributed by atoms with E-state index in [4.69, 9.17) is 33.2 Å². The Morgan fingerprint density at radius 3 is 1.52 bits per heavy atom. The van der Waals surface area contributed by atoms with Crippen molar-refractivity contribution in [2.45, 2.75) is 75.3 Å². The molecule has 4 heterocycles. The number of aryl methyl sites for hydroxylation is 4. The third kappa shape index (κ3) is 6.40. The van der Waals surface area contributed by atoms with Gasteiger partial charge in [-0.25, -0.2) is 0 Å². The molecule has 4 aromatic rings. The fourth-order valence-electron chi connectivity index (χ4n) is 7.92. The lowest BCUT2D eigenvalue weighted by Crippen LogP contribution is -2.65. The smallest absolute Gasteiger partial charge is 0.185 e. The summed E-state index contributed by atoms with van der Waals surface area (Å²) in [5.41, 5.74) is 4.69. The molecule has 0 N–H and O–H groups in total. The van der Waals surface area contributed by atoms with E-state index in [0.29, 0.717) is 0 Å². The highest BCUT2D eigenvalue weighted by atomic mass is 35.5. The zero-order valence-electron chi connectivity index (χ0n) is 27.0. The van der Waals surface area contributed by atoms with Gasteiger partial charge < -0.3 is 0 Å². The maximum absolute atomic E-state index is 16.0. The van der Waals surface area contributed by atoms with Gasteiger partial charge in [0.25, 0.3) is 0 Å². The van der Waals surface area contributed by atoms with Crippen LogP contribution >= 0.6 is 23.2 Å². The number of hydrogen-bond donors (Lipinski definition) is 0. The highest BCUT2D eigenvalue weighted by Crippen LogP contribution is 2.48. The summed E-state index contributed by atoms with van der Waals surface area (Å²) in [6.07, 6.45) is 12.5. The molecule has 2 aliphatic rings. The number of Topliss-reactive ketones (excluding diaryl/α,β-unsaturated/α-hetero) is 1. The van der Waals surface area contributed by atoms with Crippen molar-refractivity contribution in [2.24, 2.45) is 0 Å². The molecule has 2 aromatic carbocycles. The number of hydrogen-bond acceptors (Lipinski definition) is 5. The lowest BCUT2D eigenvalue weighted by Gasteiger charge is -2.53. The van der Waals surface area contributed by atoms with Crippen LogP contribution in [0.1, 0.15) is 72.2 Å². The van der Waals surface area contributed by atoms with Crippen molar-refractivity contribution in [3.8, 4) is 0 Å². The number of carbonyl (C=O) groups is 1. The topological polar surface area (TPSA) is 49.3 Å². The molecule has 2 fully saturated rings. The second-order valence-corrected chi connectivity index (χ2v) is 14.0. The Morgan fingerprint density at radius 1 is 0.652 bits per heavy atom. The number of likely N-dealkylation sites (N-methyl/N-ethyl adjacent to an activating group) is 2. The maximum atomic E-state index is 16.0. The molecule has 0 aliphatic carbocycles. The van der Waals surface area contributed by atoms with Gasteiger partial charge in [-0.05, 0) is 150 Å². The Hall–Kier alpha value is -3.09. The summed E-state index contributed by atoms with van der Waals surface area (Å²) in [5.74, 6) is 0.217. The molecule has 2 unspecified atom stereocenters. The van der Waals surface area contributed by atoms with Crippen LogP contribution in [0, 0.1) is 0 Å². The highest BCUT2D eigenvalue weighted by molar-refractivity contribution is 6.30. The van der Waals surface area contributed by atoms with Crippen molar-refractivity contribution < 1.29 is 4.79 Å². The average molecular weight is 656 g/mol. The summed E-state index contributed by atoms with van der Waals surface area (Å²) in [6, 6.07) is 24.5. The van der Waals surface area contributed by atoms with Gasteiger partial charge in [0.2, 0.25) is 0 Å². The first-order chi connectivity index (χ1) is 22.3. The molecule has 2 saturated heterocycles. The zero-order chi connectivity index (χ0) is 32.1. The number of nitrogens with zero attached hydrogens (tertiary/aromatic N) is 4. The van der Waals surface area contributed by atoms with Crippen LogP contribution in [0.15, 0.2) is 85.2 Å². The van der Waals surface area contributed by atoms with E-state index in [9.17, 15) is 0 Å². The summed E-state index contributed by atoms with van der Waals surface area (Å²) in [5, 5.41) is 1.48. The first-order valence-corrected chi connectivity index (χ1v) is 17.5. The Morgan fingerprint density at radius 2 is 1.11 bits per heavy atom. The fraction of sp³-hybridized carbons (Fsp3) is 0.410. The van der Waals surface area contributed by atoms with Crippen molar-refractivity contribution in [1.29, 1.82) is 0 Å². The monoisotopic (exact) mass is 654 g/mol. The van der Waals surface area contributed by atoms with E-state index < -0.39 is 11.1 Å². The minimum Gasteiger partial charge on any atom is -0.295 e. The molecular formula is C39H44Cl2N4O. The van der Waals surface area contributed by atoms with E-state index in [1.54, 1.807) is 0 Å². The molecule has 0 saturated carbocycles. The predicted molar refractivity (Wildman–Crippen MR) is 188 cm³/mol. The lowest BCUT2D eigenvalue weighted by atomic mass is 9.66. The van der Waals surface area contributed by atoms with Gasteiger partial charge in [0.1, 0.15) is 11.1 Å². The van der Waals surface area contributed by atoms with Crippen LogP contribution in [-0.2, 0) is 41.6 Å². The van der Waals surface area contributed by atoms with Crippen LogP contribution in [-0.4, -0.2) is 52.7 Å². The molecule has 46 heavy (non-hydrogen) atoms. The fourth-order valence-corrected chi connectivity index (χ4v) is 8.35. The van der Waals surface area contributed by atoms with Crippen molar-refractivity contribution in [2.75, 3.05) is 27.2 Å². The summed E-state index contributed by atoms with van der Waals surface area (Å²) >= 11 is 12.7. The van der Waals surface area contributed by atoms with Crippen LogP contribution in [0.5, 0.6) is 0 Å². The number of benzene rings is 2. The Kier molecular flexibility index (Phi) is 10.2. The van der Waals surface area contributed by atoms with Crippen molar-refractivity contribution in [3.63, 3.8) is 0 Å². The van der Waals surface area contributed by atoms with Crippen LogP contribution in [0.3, 0.4) is 0 Å². The molecule has 7 heteroatoms. The van der Waals surface area contributed by atoms with Crippen molar-refractivity contribution >= 4 is 29.0 Å². The first-order valence-electron chi connectivity index (χ1n) is 16.7. The highest BCUT2D eigenvalue weighted by Gasteiger charge is 2.59. The Balaban J connectivity index is 1.44. The summed E-state index contributed by atoms with van der Waals surface area (Å²) in [6.45, 7) is 1.69. The average Bonchev–Trinajstić information content (AvgIpc) is 3.07. The molecule has 2 aromatic heterocycles. The zero-order valence-corrected chi connectivity index (χ0v) is 28.5. The van der Waals surface area contributed by atoms with Crippen LogP contribution < -0.4 is 0 Å². The largest absolute Gasteiger partial charge is 0.295 e. The number of ketones is 1. The first kappa shape index (κ1) is 32.8. The molecule has 2 aliphatic heterocycles. The van der Waals surface area contributed by atoms with Gasteiger partial charge >= 0.3 is 0 Å². The number of carbonyl (C=O) groups excluding carboxylic acids is 1. The molecule has 0 spiro atoms. The number of aromatic nitrogens is 2. The van der Waals surface area contributed by atoms with Gasteiger partial charge in [-0.2, -0.15) is 0 Å². The summed E-state index contributed by atoms with van der Waals surface area (Å²) < 4.78 is 0. The van der Waals surface area contributed by atoms with Crippen LogP contribution in [0.4, 0.5) is 0 Å². The van der Waals surface area contributed by atoms with E-state index in [1.807, 2.05) is 60.9 Å². The quantitative estimate of drug-likeness (QED) is 0.172. The molecule has 2 atom stereocenters. The third-order valence-corrected chi connectivity index (χ3v) is 10.8. The van der Waals surface area contributed by atoms with Gasteiger partial charge in [0, 0.05) is 22.4 Å². The third-order valence-electron chi connectivity index (χ3n) is 10.3. The predicted octanol–water partition coefficient (Wildman–Crippen LogP) is 8.25. The summed E-state index contributed by atoms with van der Waals surface area (Å²) in [7, 11) is 4.25. The summed E-state index contributed by atoms with van der Waals surface area (Å²) in [4.78, 5) is 30.8. The van der Waals surface area contributed by atoms with E-state index in [0.717, 1.165) is 110 Å². The van der Waals surface area contributed by atoms with Gasteiger partial charge in [0.05, 0.1) is 11.4 Å². The van der Waals surface area contributed by atoms with Crippen LogP contribution in [0.25, 0.3) is 0 Å². The molecule has 0 radical (unpaired) electrons. The number of likely N-dealkylation sites (tertiary alicyclic amines) is 2. The number of piperidine rings is 2. The second kappa shape index (κ2) is 14.4. The van der Waals surface area contributed by atoms with E-state index in [2.05, 4.69) is 48.2 Å². The molecule has 0 amide bonds. The number of rotatable bonds is 10. The molecule has 5 nitrogen and oxygen atoms in total. The lowest BCUT2D eigenvalue weighted by molar-refractivity contribution is -0.150. The Bertz CT molecular complexity index is 1560. The van der Waals surface area contributed by atoms with Gasteiger partial charge in [-0.15, -0.1) is 0 Å². The van der Waals surface area contributed by atoms with Crippen molar-refractivity contribution in [1.82, 2.24) is 19.8 Å². The minimum atomic E-state index is -0.865. The number of halogens is 2.